The van der Waals surface area contributed by atoms with Crippen molar-refractivity contribution < 1.29 is 24.5 Å². The Morgan fingerprint density at radius 2 is 1.93 bits per heavy atom. The van der Waals surface area contributed by atoms with Gasteiger partial charge in [-0.3, -0.25) is 0 Å². The highest BCUT2D eigenvalue weighted by Crippen LogP contribution is 2.39. The molecule has 0 spiro atoms. The average Bonchev–Trinajstić information content (AvgIpc) is 3.03. The van der Waals surface area contributed by atoms with Crippen LogP contribution >= 0.6 is 0 Å². The summed E-state index contributed by atoms with van der Waals surface area (Å²) in [7, 11) is 1.23. The molecular formula is C19H25N3O5. The number of aliphatic hydroxyl groups is 1. The molecule has 2 aromatic rings. The van der Waals surface area contributed by atoms with Crippen LogP contribution in [0.3, 0.4) is 0 Å². The van der Waals surface area contributed by atoms with Crippen molar-refractivity contribution in [2.75, 3.05) is 25.1 Å². The smallest absolute Gasteiger partial charge is 0.356 e. The Kier molecular flexibility index (Phi) is 4.86. The number of fused-ring (bicyclic) bond motifs is 1. The molecule has 0 aliphatic carbocycles. The van der Waals surface area contributed by atoms with Gasteiger partial charge in [0.15, 0.2) is 11.8 Å². The molecule has 1 saturated heterocycles. The highest BCUT2D eigenvalue weighted by atomic mass is 16.5. The molecule has 0 saturated carbocycles. The third-order valence-electron chi connectivity index (χ3n) is 5.32. The number of carboxylic acid groups (broad SMARTS) is 1. The first-order valence-corrected chi connectivity index (χ1v) is 8.91. The van der Waals surface area contributed by atoms with Gasteiger partial charge in [-0.15, -0.1) is 0 Å². The van der Waals surface area contributed by atoms with Crippen LogP contribution in [-0.4, -0.2) is 52.0 Å². The fourth-order valence-electron chi connectivity index (χ4n) is 3.59. The highest BCUT2D eigenvalue weighted by Gasteiger charge is 2.32. The van der Waals surface area contributed by atoms with E-state index in [1.54, 1.807) is 13.1 Å². The second-order valence-corrected chi connectivity index (χ2v) is 7.82. The van der Waals surface area contributed by atoms with Crippen molar-refractivity contribution in [1.29, 1.82) is 0 Å². The number of hydrogen-bond donors (Lipinski definition) is 2. The van der Waals surface area contributed by atoms with Gasteiger partial charge in [-0.05, 0) is 30.7 Å². The van der Waals surface area contributed by atoms with E-state index in [1.165, 1.54) is 17.7 Å². The topological polar surface area (TPSA) is 104 Å². The summed E-state index contributed by atoms with van der Waals surface area (Å²) in [5, 5.41) is 24.0. The Balaban J connectivity index is 2.21. The lowest BCUT2D eigenvalue weighted by molar-refractivity contribution is -0.150. The lowest BCUT2D eigenvalue weighted by Gasteiger charge is -2.39. The summed E-state index contributed by atoms with van der Waals surface area (Å²) < 4.78 is 6.23. The largest absolute Gasteiger partial charge is 0.476 e. The van der Waals surface area contributed by atoms with Gasteiger partial charge < -0.3 is 19.8 Å². The van der Waals surface area contributed by atoms with Crippen molar-refractivity contribution in [1.82, 2.24) is 9.61 Å². The molecule has 2 N–H and O–H groups in total. The molecule has 2 aromatic heterocycles. The maximum absolute atomic E-state index is 12.0. The van der Waals surface area contributed by atoms with E-state index in [0.29, 0.717) is 22.3 Å². The molecule has 8 heteroatoms. The number of aromatic carboxylic acids is 1. The summed E-state index contributed by atoms with van der Waals surface area (Å²) in [6, 6.07) is 1.48. The molecule has 8 nitrogen and oxygen atoms in total. The standard InChI is InChI=1S/C19H25N3O5/c1-11-10-22-13(9-12(20-22)17(24)25)15(14(11)16(23)18(26)27-4)21-7-5-19(2,3)6-8-21/h9-10,16,23H,5-8H2,1-4H3,(H,24,25). The van der Waals surface area contributed by atoms with Gasteiger partial charge in [0.05, 0.1) is 18.3 Å². The molecule has 3 rings (SSSR count). The number of piperidine rings is 1. The fourth-order valence-corrected chi connectivity index (χ4v) is 3.59. The van der Waals surface area contributed by atoms with Crippen LogP contribution in [0.2, 0.25) is 0 Å². The molecule has 146 valence electrons. The summed E-state index contributed by atoms with van der Waals surface area (Å²) in [6.07, 6.45) is 2.07. The Labute approximate surface area is 157 Å². The summed E-state index contributed by atoms with van der Waals surface area (Å²) >= 11 is 0. The zero-order valence-corrected chi connectivity index (χ0v) is 16.0. The average molecular weight is 375 g/mol. The van der Waals surface area contributed by atoms with Gasteiger partial charge >= 0.3 is 11.9 Å². The van der Waals surface area contributed by atoms with Crippen molar-refractivity contribution in [3.8, 4) is 0 Å². The fraction of sp³-hybridized carbons (Fsp3) is 0.526. The first kappa shape index (κ1) is 19.2. The zero-order chi connectivity index (χ0) is 19.9. The predicted molar refractivity (Wildman–Crippen MR) is 99.1 cm³/mol. The van der Waals surface area contributed by atoms with Crippen LogP contribution in [0.4, 0.5) is 5.69 Å². The quantitative estimate of drug-likeness (QED) is 0.789. The Bertz CT molecular complexity index is 892. The third-order valence-corrected chi connectivity index (χ3v) is 5.32. The van der Waals surface area contributed by atoms with Gasteiger partial charge in [0.1, 0.15) is 0 Å². The Morgan fingerprint density at radius 3 is 2.48 bits per heavy atom. The molecule has 1 atom stereocenters. The number of aromatic nitrogens is 2. The summed E-state index contributed by atoms with van der Waals surface area (Å²) in [6.45, 7) is 7.66. The number of nitrogens with zero attached hydrogens (tertiary/aromatic N) is 3. The van der Waals surface area contributed by atoms with E-state index in [9.17, 15) is 19.8 Å². The van der Waals surface area contributed by atoms with Gasteiger partial charge in [-0.25, -0.2) is 14.1 Å². The maximum Gasteiger partial charge on any atom is 0.356 e. The minimum atomic E-state index is -1.45. The molecule has 0 radical (unpaired) electrons. The van der Waals surface area contributed by atoms with E-state index < -0.39 is 18.0 Å². The summed E-state index contributed by atoms with van der Waals surface area (Å²) in [4.78, 5) is 25.5. The van der Waals surface area contributed by atoms with E-state index >= 15 is 0 Å². The monoisotopic (exact) mass is 375 g/mol. The Hall–Kier alpha value is -2.61. The summed E-state index contributed by atoms with van der Waals surface area (Å²) in [5.74, 6) is -1.88. The normalized spacial score (nSPS) is 17.7. The first-order valence-electron chi connectivity index (χ1n) is 8.91. The summed E-state index contributed by atoms with van der Waals surface area (Å²) in [5.41, 5.74) is 2.40. The van der Waals surface area contributed by atoms with Crippen LogP contribution in [0.5, 0.6) is 0 Å². The van der Waals surface area contributed by atoms with Gasteiger partial charge in [-0.2, -0.15) is 5.10 Å². The molecule has 0 bridgehead atoms. The van der Waals surface area contributed by atoms with Crippen LogP contribution in [0, 0.1) is 12.3 Å². The number of anilines is 1. The van der Waals surface area contributed by atoms with Crippen molar-refractivity contribution in [3.63, 3.8) is 0 Å². The number of carboxylic acids is 1. The van der Waals surface area contributed by atoms with Gasteiger partial charge in [0, 0.05) is 30.9 Å². The van der Waals surface area contributed by atoms with Crippen LogP contribution in [0.15, 0.2) is 12.3 Å². The number of esters is 1. The number of ether oxygens (including phenoxy) is 1. The van der Waals surface area contributed by atoms with Gasteiger partial charge in [0.2, 0.25) is 0 Å². The van der Waals surface area contributed by atoms with Crippen LogP contribution < -0.4 is 4.90 Å². The van der Waals surface area contributed by atoms with E-state index in [4.69, 9.17) is 4.74 Å². The van der Waals surface area contributed by atoms with Crippen molar-refractivity contribution in [2.24, 2.45) is 5.41 Å². The number of carbonyl (C=O) groups is 2. The minimum Gasteiger partial charge on any atom is -0.476 e. The third kappa shape index (κ3) is 3.49. The molecular weight excluding hydrogens is 350 g/mol. The molecule has 1 fully saturated rings. The number of pyridine rings is 1. The molecule has 3 heterocycles. The van der Waals surface area contributed by atoms with Gasteiger partial charge in [0.25, 0.3) is 0 Å². The lowest BCUT2D eigenvalue weighted by Crippen LogP contribution is -2.38. The maximum atomic E-state index is 12.0. The van der Waals surface area contributed by atoms with Crippen LogP contribution in [0.1, 0.15) is 54.4 Å². The lowest BCUT2D eigenvalue weighted by atomic mass is 9.82. The Morgan fingerprint density at radius 1 is 1.30 bits per heavy atom. The molecule has 0 amide bonds. The molecule has 1 unspecified atom stereocenters. The minimum absolute atomic E-state index is 0.0855. The van der Waals surface area contributed by atoms with E-state index in [1.807, 2.05) is 0 Å². The van der Waals surface area contributed by atoms with E-state index in [2.05, 4.69) is 23.8 Å². The number of aliphatic hydroxyl groups excluding tert-OH is 1. The van der Waals surface area contributed by atoms with E-state index in [-0.39, 0.29) is 11.1 Å². The number of rotatable bonds is 4. The molecule has 1 aliphatic rings. The SMILES string of the molecule is COC(=O)C(O)c1c(C)cn2nc(C(=O)O)cc2c1N1CCC(C)(C)CC1. The number of hydrogen-bond acceptors (Lipinski definition) is 6. The van der Waals surface area contributed by atoms with Crippen LogP contribution in [-0.2, 0) is 9.53 Å². The number of methoxy groups -OCH3 is 1. The highest BCUT2D eigenvalue weighted by molar-refractivity contribution is 5.91. The first-order chi connectivity index (χ1) is 12.6. The second kappa shape index (κ2) is 6.84. The van der Waals surface area contributed by atoms with Crippen molar-refractivity contribution in [2.45, 2.75) is 39.7 Å². The number of aryl methyl sites for hydroxylation is 1. The van der Waals surface area contributed by atoms with Crippen molar-refractivity contribution >= 4 is 23.1 Å². The van der Waals surface area contributed by atoms with E-state index in [0.717, 1.165) is 25.9 Å². The number of carbonyl (C=O) groups excluding carboxylic acids is 1. The molecule has 27 heavy (non-hydrogen) atoms. The van der Waals surface area contributed by atoms with Crippen molar-refractivity contribution in [3.05, 3.63) is 29.1 Å². The zero-order valence-electron chi connectivity index (χ0n) is 16.0. The second-order valence-electron chi connectivity index (χ2n) is 7.82. The predicted octanol–water partition coefficient (Wildman–Crippen LogP) is 2.17. The molecule has 0 aromatic carbocycles. The van der Waals surface area contributed by atoms with Crippen LogP contribution in [0.25, 0.3) is 5.52 Å². The van der Waals surface area contributed by atoms with Gasteiger partial charge in [-0.1, -0.05) is 13.8 Å². The molecule has 1 aliphatic heterocycles.